The first kappa shape index (κ1) is 22.6. The Balaban J connectivity index is 2.92. The van der Waals surface area contributed by atoms with Crippen LogP contribution in [0.2, 0.25) is 0 Å². The van der Waals surface area contributed by atoms with Crippen molar-refractivity contribution in [2.75, 3.05) is 0 Å². The Kier molecular flexibility index (Phi) is 7.07. The minimum Gasteiger partial charge on any atom is -0.480 e. The highest BCUT2D eigenvalue weighted by Crippen LogP contribution is 2.37. The van der Waals surface area contributed by atoms with Crippen molar-refractivity contribution in [2.24, 2.45) is 0 Å². The zero-order valence-electron chi connectivity index (χ0n) is 14.9. The largest absolute Gasteiger partial charge is 0.480 e. The third kappa shape index (κ3) is 7.33. The van der Waals surface area contributed by atoms with Crippen molar-refractivity contribution in [2.45, 2.75) is 45.3 Å². The van der Waals surface area contributed by atoms with Crippen molar-refractivity contribution < 1.29 is 38.7 Å². The minimum atomic E-state index is -4.83. The molecule has 11 nitrogen and oxygen atoms in total. The van der Waals surface area contributed by atoms with Gasteiger partial charge < -0.3 is 24.9 Å². The second kappa shape index (κ2) is 8.47. The molecule has 0 aliphatic heterocycles. The van der Waals surface area contributed by atoms with E-state index >= 15 is 0 Å². The maximum absolute atomic E-state index is 11.7. The number of nitro benzene ring substituents is 1. The molecule has 150 valence electrons. The van der Waals surface area contributed by atoms with Crippen LogP contribution in [-0.4, -0.2) is 43.5 Å². The van der Waals surface area contributed by atoms with E-state index in [0.717, 1.165) is 12.1 Å². The summed E-state index contributed by atoms with van der Waals surface area (Å²) in [6.07, 6.45) is -1.02. The van der Waals surface area contributed by atoms with E-state index in [1.54, 1.807) is 20.8 Å². The summed E-state index contributed by atoms with van der Waals surface area (Å²) in [4.78, 5) is 51.4. The van der Waals surface area contributed by atoms with Gasteiger partial charge >= 0.3 is 19.7 Å². The monoisotopic (exact) mass is 404 g/mol. The lowest BCUT2D eigenvalue weighted by Crippen LogP contribution is -2.43. The molecule has 4 N–H and O–H groups in total. The van der Waals surface area contributed by atoms with Crippen LogP contribution in [-0.2, 0) is 20.5 Å². The average Bonchev–Trinajstić information content (AvgIpc) is 2.48. The van der Waals surface area contributed by atoms with Crippen molar-refractivity contribution in [3.63, 3.8) is 0 Å². The number of aryl methyl sites for hydroxylation is 1. The summed E-state index contributed by atoms with van der Waals surface area (Å²) in [6, 6.07) is 1.86. The molecule has 1 aromatic rings. The van der Waals surface area contributed by atoms with Gasteiger partial charge in [-0.05, 0) is 45.2 Å². The molecule has 0 bridgehead atoms. The maximum Gasteiger partial charge on any atom is 0.408 e. The number of amides is 1. The number of nitrogens with one attached hydrogen (secondary N) is 1. The number of nitro groups is 1. The van der Waals surface area contributed by atoms with Gasteiger partial charge in [0.25, 0.3) is 5.69 Å². The molecule has 1 aromatic carbocycles. The van der Waals surface area contributed by atoms with Gasteiger partial charge in [-0.25, -0.2) is 9.59 Å². The molecular weight excluding hydrogens is 383 g/mol. The van der Waals surface area contributed by atoms with E-state index in [0.29, 0.717) is 0 Å². The fourth-order valence-electron chi connectivity index (χ4n) is 2.14. The number of rotatable bonds is 7. The fourth-order valence-corrected chi connectivity index (χ4v) is 2.85. The third-order valence-corrected chi connectivity index (χ3v) is 4.27. The van der Waals surface area contributed by atoms with Gasteiger partial charge in [-0.1, -0.05) is 6.07 Å². The number of carbonyl (C=O) groups is 2. The topological polar surface area (TPSA) is 176 Å². The standard InChI is InChI=1S/C15H21N2O9P/c1-15(2,3)26-14(20)16-10(13(18)19)6-4-9-5-7-12(27(23,24)25)11(8-9)17(21)22/h5,7-8,10H,4,6H2,1-3H3,(H,16,20)(H,18,19)(H2,23,24,25)/t10-/m0/s1. The van der Waals surface area contributed by atoms with Crippen molar-refractivity contribution in [3.8, 4) is 0 Å². The zero-order valence-corrected chi connectivity index (χ0v) is 15.8. The fraction of sp³-hybridized carbons (Fsp3) is 0.467. The van der Waals surface area contributed by atoms with Gasteiger partial charge in [0.2, 0.25) is 0 Å². The molecule has 0 radical (unpaired) electrons. The number of hydrogen-bond acceptors (Lipinski definition) is 6. The van der Waals surface area contributed by atoms with Crippen molar-refractivity contribution in [1.82, 2.24) is 5.32 Å². The first-order chi connectivity index (χ1) is 12.2. The molecule has 0 heterocycles. The van der Waals surface area contributed by atoms with E-state index in [2.05, 4.69) is 5.32 Å². The number of carboxylic acids is 1. The van der Waals surface area contributed by atoms with Crippen LogP contribution in [0.1, 0.15) is 32.8 Å². The molecule has 0 saturated carbocycles. The lowest BCUT2D eigenvalue weighted by molar-refractivity contribution is -0.383. The lowest BCUT2D eigenvalue weighted by atomic mass is 10.0. The Hall–Kier alpha value is -2.49. The van der Waals surface area contributed by atoms with E-state index in [1.165, 1.54) is 6.07 Å². The normalized spacial score (nSPS) is 12.9. The molecular formula is C15H21N2O9P. The second-order valence-corrected chi connectivity index (χ2v) is 8.27. The van der Waals surface area contributed by atoms with Crippen LogP contribution < -0.4 is 10.6 Å². The quantitative estimate of drug-likeness (QED) is 0.296. The van der Waals surface area contributed by atoms with Crippen LogP contribution in [0, 0.1) is 10.1 Å². The summed E-state index contributed by atoms with van der Waals surface area (Å²) in [5.74, 6) is -1.32. The van der Waals surface area contributed by atoms with Crippen LogP contribution in [0.5, 0.6) is 0 Å². The van der Waals surface area contributed by atoms with Crippen molar-refractivity contribution in [1.29, 1.82) is 0 Å². The Morgan fingerprint density at radius 3 is 2.37 bits per heavy atom. The predicted octanol–water partition coefficient (Wildman–Crippen LogP) is 1.31. The highest BCUT2D eigenvalue weighted by atomic mass is 31.2. The number of alkyl carbamates (subject to hydrolysis) is 1. The Bertz CT molecular complexity index is 782. The molecule has 0 aromatic heterocycles. The Morgan fingerprint density at radius 2 is 1.93 bits per heavy atom. The zero-order chi connectivity index (χ0) is 21.0. The summed E-state index contributed by atoms with van der Waals surface area (Å²) in [7, 11) is -4.83. The van der Waals surface area contributed by atoms with Crippen molar-refractivity contribution >= 4 is 30.7 Å². The van der Waals surface area contributed by atoms with E-state index < -0.39 is 47.2 Å². The number of benzene rings is 1. The molecule has 0 unspecified atom stereocenters. The first-order valence-electron chi connectivity index (χ1n) is 7.76. The summed E-state index contributed by atoms with van der Waals surface area (Å²) in [5.41, 5.74) is -1.28. The van der Waals surface area contributed by atoms with Crippen LogP contribution in [0.3, 0.4) is 0 Å². The second-order valence-electron chi connectivity index (χ2n) is 6.70. The number of aliphatic carboxylic acids is 1. The molecule has 1 rings (SSSR count). The van der Waals surface area contributed by atoms with Gasteiger partial charge in [-0.2, -0.15) is 0 Å². The number of nitrogens with zero attached hydrogens (tertiary/aromatic N) is 1. The predicted molar refractivity (Wildman–Crippen MR) is 93.9 cm³/mol. The number of hydrogen-bond donors (Lipinski definition) is 4. The molecule has 1 atom stereocenters. The minimum absolute atomic E-state index is 0.00897. The summed E-state index contributed by atoms with van der Waals surface area (Å²) in [5, 5.41) is 21.7. The molecule has 0 fully saturated rings. The Labute approximate surface area is 154 Å². The molecule has 1 amide bonds. The molecule has 0 aliphatic rings. The third-order valence-electron chi connectivity index (χ3n) is 3.26. The number of carboxylic acid groups (broad SMARTS) is 1. The van der Waals surface area contributed by atoms with Gasteiger partial charge in [0, 0.05) is 6.07 Å². The van der Waals surface area contributed by atoms with Crippen LogP contribution in [0.25, 0.3) is 0 Å². The SMILES string of the molecule is CC(C)(C)OC(=O)N[C@@H](CCc1ccc(P(=O)(O)O)c([N+](=O)[O-])c1)C(=O)O. The molecule has 0 spiro atoms. The lowest BCUT2D eigenvalue weighted by Gasteiger charge is -2.22. The van der Waals surface area contributed by atoms with Gasteiger partial charge in [-0.3, -0.25) is 14.7 Å². The number of ether oxygens (including phenoxy) is 1. The van der Waals surface area contributed by atoms with E-state index in [4.69, 9.17) is 14.5 Å². The highest BCUT2D eigenvalue weighted by molar-refractivity contribution is 7.60. The summed E-state index contributed by atoms with van der Waals surface area (Å²) >= 11 is 0. The van der Waals surface area contributed by atoms with Gasteiger partial charge in [0.15, 0.2) is 0 Å². The van der Waals surface area contributed by atoms with Crippen LogP contribution in [0.4, 0.5) is 10.5 Å². The molecule has 27 heavy (non-hydrogen) atoms. The van der Waals surface area contributed by atoms with E-state index in [9.17, 15) is 29.4 Å². The summed E-state index contributed by atoms with van der Waals surface area (Å²) in [6.45, 7) is 4.85. The maximum atomic E-state index is 11.7. The van der Waals surface area contributed by atoms with Crippen LogP contribution >= 0.6 is 7.60 Å². The van der Waals surface area contributed by atoms with Crippen LogP contribution in [0.15, 0.2) is 18.2 Å². The van der Waals surface area contributed by atoms with E-state index in [1.807, 2.05) is 0 Å². The molecule has 0 aliphatic carbocycles. The summed E-state index contributed by atoms with van der Waals surface area (Å²) < 4.78 is 16.3. The Morgan fingerprint density at radius 1 is 1.33 bits per heavy atom. The van der Waals surface area contributed by atoms with Crippen molar-refractivity contribution in [3.05, 3.63) is 33.9 Å². The first-order valence-corrected chi connectivity index (χ1v) is 9.37. The molecule has 0 saturated heterocycles. The van der Waals surface area contributed by atoms with Gasteiger partial charge in [0.05, 0.1) is 4.92 Å². The van der Waals surface area contributed by atoms with Gasteiger partial charge in [0.1, 0.15) is 16.9 Å². The highest BCUT2D eigenvalue weighted by Gasteiger charge is 2.29. The van der Waals surface area contributed by atoms with E-state index in [-0.39, 0.29) is 18.4 Å². The smallest absolute Gasteiger partial charge is 0.408 e. The van der Waals surface area contributed by atoms with Gasteiger partial charge in [-0.15, -0.1) is 0 Å². The average molecular weight is 404 g/mol. The number of carbonyl (C=O) groups excluding carboxylic acids is 1. The molecule has 12 heteroatoms.